The highest BCUT2D eigenvalue weighted by molar-refractivity contribution is 5.71. The predicted octanol–water partition coefficient (Wildman–Crippen LogP) is 0.868. The first kappa shape index (κ1) is 8.05. The van der Waals surface area contributed by atoms with Crippen LogP contribution in [0, 0.1) is 17.8 Å². The molecular formula is C9H14O3. The van der Waals surface area contributed by atoms with Crippen LogP contribution < -0.4 is 0 Å². The Bertz CT molecular complexity index is 202. The van der Waals surface area contributed by atoms with E-state index in [1.165, 1.54) is 0 Å². The first-order valence-corrected chi connectivity index (χ1v) is 4.61. The molecule has 0 heterocycles. The first-order valence-electron chi connectivity index (χ1n) is 4.61. The zero-order valence-corrected chi connectivity index (χ0v) is 6.94. The summed E-state index contributed by atoms with van der Waals surface area (Å²) in [4.78, 5) is 10.8. The van der Waals surface area contributed by atoms with Gasteiger partial charge in [-0.1, -0.05) is 0 Å². The van der Waals surface area contributed by atoms with Gasteiger partial charge in [-0.25, -0.2) is 0 Å². The molecule has 0 amide bonds. The van der Waals surface area contributed by atoms with Gasteiger partial charge in [0.25, 0.3) is 0 Å². The zero-order chi connectivity index (χ0) is 8.72. The van der Waals surface area contributed by atoms with Gasteiger partial charge in [-0.3, -0.25) is 4.79 Å². The molecule has 4 unspecified atom stereocenters. The Kier molecular flexibility index (Phi) is 1.83. The minimum Gasteiger partial charge on any atom is -0.481 e. The molecule has 0 aromatic heterocycles. The number of fused-ring (bicyclic) bond motifs is 2. The number of carbonyl (C=O) groups is 1. The van der Waals surface area contributed by atoms with E-state index in [1.54, 1.807) is 0 Å². The van der Waals surface area contributed by atoms with Gasteiger partial charge in [0.05, 0.1) is 12.0 Å². The van der Waals surface area contributed by atoms with Gasteiger partial charge in [0, 0.05) is 0 Å². The normalized spacial score (nSPS) is 46.1. The minimum atomic E-state index is -0.707. The molecule has 12 heavy (non-hydrogen) atoms. The molecule has 3 nitrogen and oxygen atoms in total. The lowest BCUT2D eigenvalue weighted by Crippen LogP contribution is -2.36. The number of hydrogen-bond acceptors (Lipinski definition) is 2. The van der Waals surface area contributed by atoms with Crippen LogP contribution in [0.2, 0.25) is 0 Å². The molecule has 2 aliphatic rings. The van der Waals surface area contributed by atoms with Gasteiger partial charge >= 0.3 is 5.97 Å². The molecule has 0 aromatic rings. The van der Waals surface area contributed by atoms with Crippen LogP contribution in [-0.2, 0) is 4.79 Å². The molecule has 3 heteroatoms. The molecule has 2 fully saturated rings. The number of carboxylic acids is 1. The smallest absolute Gasteiger partial charge is 0.307 e. The van der Waals surface area contributed by atoms with Crippen LogP contribution in [-0.4, -0.2) is 22.3 Å². The minimum absolute atomic E-state index is 0.0428. The van der Waals surface area contributed by atoms with E-state index in [1.807, 2.05) is 0 Å². The number of aliphatic hydroxyl groups excluding tert-OH is 1. The van der Waals surface area contributed by atoms with Crippen molar-refractivity contribution in [2.45, 2.75) is 31.8 Å². The molecule has 0 spiro atoms. The van der Waals surface area contributed by atoms with Crippen LogP contribution in [0.25, 0.3) is 0 Å². The summed E-state index contributed by atoms with van der Waals surface area (Å²) >= 11 is 0. The van der Waals surface area contributed by atoms with Crippen LogP contribution in [0.15, 0.2) is 0 Å². The quantitative estimate of drug-likeness (QED) is 0.614. The maximum absolute atomic E-state index is 10.8. The van der Waals surface area contributed by atoms with Crippen molar-refractivity contribution in [3.8, 4) is 0 Å². The molecule has 2 saturated carbocycles. The monoisotopic (exact) mass is 170 g/mol. The third-order valence-corrected chi connectivity index (χ3v) is 3.45. The highest BCUT2D eigenvalue weighted by Gasteiger charge is 2.47. The van der Waals surface area contributed by atoms with Gasteiger partial charge in [-0.05, 0) is 37.5 Å². The van der Waals surface area contributed by atoms with Crippen molar-refractivity contribution in [3.63, 3.8) is 0 Å². The Morgan fingerprint density at radius 2 is 1.83 bits per heavy atom. The van der Waals surface area contributed by atoms with E-state index in [0.29, 0.717) is 5.92 Å². The van der Waals surface area contributed by atoms with E-state index in [4.69, 9.17) is 5.11 Å². The van der Waals surface area contributed by atoms with E-state index in [2.05, 4.69) is 0 Å². The molecule has 0 radical (unpaired) electrons. The van der Waals surface area contributed by atoms with Crippen molar-refractivity contribution in [2.24, 2.45) is 17.8 Å². The van der Waals surface area contributed by atoms with Gasteiger partial charge in [0.2, 0.25) is 0 Å². The summed E-state index contributed by atoms with van der Waals surface area (Å²) in [6.07, 6.45) is 3.25. The van der Waals surface area contributed by atoms with Crippen molar-refractivity contribution < 1.29 is 15.0 Å². The third kappa shape index (κ3) is 1.04. The summed E-state index contributed by atoms with van der Waals surface area (Å²) in [6, 6.07) is 0. The van der Waals surface area contributed by atoms with E-state index in [9.17, 15) is 9.90 Å². The Morgan fingerprint density at radius 1 is 1.17 bits per heavy atom. The lowest BCUT2D eigenvalue weighted by atomic mass is 9.77. The summed E-state index contributed by atoms with van der Waals surface area (Å²) in [5.41, 5.74) is 0. The Balaban J connectivity index is 2.18. The van der Waals surface area contributed by atoms with E-state index in [0.717, 1.165) is 25.7 Å². The van der Waals surface area contributed by atoms with Crippen molar-refractivity contribution >= 4 is 5.97 Å². The first-order chi connectivity index (χ1) is 5.70. The summed E-state index contributed by atoms with van der Waals surface area (Å²) < 4.78 is 0. The number of aliphatic carboxylic acids is 1. The van der Waals surface area contributed by atoms with Crippen molar-refractivity contribution in [1.29, 1.82) is 0 Å². The Hall–Kier alpha value is -0.570. The molecule has 2 N–H and O–H groups in total. The highest BCUT2D eigenvalue weighted by Crippen LogP contribution is 2.46. The van der Waals surface area contributed by atoms with Crippen molar-refractivity contribution in [2.75, 3.05) is 0 Å². The lowest BCUT2D eigenvalue weighted by molar-refractivity contribution is -0.148. The fourth-order valence-electron chi connectivity index (χ4n) is 2.85. The molecule has 0 saturated heterocycles. The number of aliphatic hydroxyl groups is 1. The van der Waals surface area contributed by atoms with Crippen LogP contribution in [0.1, 0.15) is 25.7 Å². The fourth-order valence-corrected chi connectivity index (χ4v) is 2.85. The Labute approximate surface area is 71.4 Å². The largest absolute Gasteiger partial charge is 0.481 e. The summed E-state index contributed by atoms with van der Waals surface area (Å²) in [6.45, 7) is 0. The second kappa shape index (κ2) is 2.73. The molecule has 2 bridgehead atoms. The predicted molar refractivity (Wildman–Crippen MR) is 42.6 cm³/mol. The molecule has 0 aliphatic heterocycles. The molecule has 2 aliphatic carbocycles. The molecule has 0 aromatic carbocycles. The third-order valence-electron chi connectivity index (χ3n) is 3.45. The molecule has 2 rings (SSSR count). The van der Waals surface area contributed by atoms with Crippen molar-refractivity contribution in [3.05, 3.63) is 0 Å². The van der Waals surface area contributed by atoms with Crippen LogP contribution in [0.3, 0.4) is 0 Å². The summed E-state index contributed by atoms with van der Waals surface area (Å²) in [7, 11) is 0. The average molecular weight is 170 g/mol. The second-order valence-corrected chi connectivity index (χ2v) is 4.01. The molecule has 4 atom stereocenters. The van der Waals surface area contributed by atoms with Gasteiger partial charge in [0.15, 0.2) is 0 Å². The molecular weight excluding hydrogens is 156 g/mol. The highest BCUT2D eigenvalue weighted by atomic mass is 16.4. The topological polar surface area (TPSA) is 57.5 Å². The van der Waals surface area contributed by atoms with Crippen LogP contribution >= 0.6 is 0 Å². The number of rotatable bonds is 1. The number of hydrogen-bond donors (Lipinski definition) is 2. The Morgan fingerprint density at radius 3 is 2.42 bits per heavy atom. The van der Waals surface area contributed by atoms with Gasteiger partial charge in [-0.2, -0.15) is 0 Å². The molecule has 68 valence electrons. The van der Waals surface area contributed by atoms with Gasteiger partial charge in [0.1, 0.15) is 0 Å². The van der Waals surface area contributed by atoms with Gasteiger partial charge in [-0.15, -0.1) is 0 Å². The van der Waals surface area contributed by atoms with Crippen LogP contribution in [0.5, 0.6) is 0 Å². The van der Waals surface area contributed by atoms with Gasteiger partial charge < -0.3 is 10.2 Å². The SMILES string of the molecule is O=C(O)C1C2CCC(O)C1CC2. The van der Waals surface area contributed by atoms with E-state index in [-0.39, 0.29) is 17.9 Å². The summed E-state index contributed by atoms with van der Waals surface area (Å²) in [5.74, 6) is -0.577. The number of carboxylic acid groups (broad SMARTS) is 1. The van der Waals surface area contributed by atoms with E-state index >= 15 is 0 Å². The maximum atomic E-state index is 10.8. The lowest BCUT2D eigenvalue weighted by Gasteiger charge is -2.30. The maximum Gasteiger partial charge on any atom is 0.307 e. The fraction of sp³-hybridized carbons (Fsp3) is 0.889. The average Bonchev–Trinajstić information content (AvgIpc) is 2.35. The second-order valence-electron chi connectivity index (χ2n) is 4.01. The standard InChI is InChI=1S/C9H14O3/c10-7-4-2-5-1-3-6(7)8(5)9(11)12/h5-8,10H,1-4H2,(H,11,12). The summed E-state index contributed by atoms with van der Waals surface area (Å²) in [5, 5.41) is 18.5. The van der Waals surface area contributed by atoms with Crippen molar-refractivity contribution in [1.82, 2.24) is 0 Å². The van der Waals surface area contributed by atoms with Crippen LogP contribution in [0.4, 0.5) is 0 Å². The zero-order valence-electron chi connectivity index (χ0n) is 6.94. The van der Waals surface area contributed by atoms with E-state index < -0.39 is 5.97 Å².